The third kappa shape index (κ3) is 4.59. The van der Waals surface area contributed by atoms with Crippen molar-refractivity contribution >= 4 is 27.8 Å². The Bertz CT molecular complexity index is 992. The number of benzene rings is 1. The number of carbonyl (C=O) groups is 1. The van der Waals surface area contributed by atoms with Crippen molar-refractivity contribution in [3.05, 3.63) is 40.9 Å². The Morgan fingerprint density at radius 1 is 1.18 bits per heavy atom. The van der Waals surface area contributed by atoms with Crippen LogP contribution < -0.4 is 10.9 Å². The van der Waals surface area contributed by atoms with Gasteiger partial charge in [0.25, 0.3) is 0 Å². The first-order valence-corrected chi connectivity index (χ1v) is 10.0. The van der Waals surface area contributed by atoms with Gasteiger partial charge in [-0.25, -0.2) is 4.79 Å². The highest BCUT2D eigenvalue weighted by molar-refractivity contribution is 6.02. The number of amides is 1. The van der Waals surface area contributed by atoms with Crippen molar-refractivity contribution in [3.8, 4) is 0 Å². The van der Waals surface area contributed by atoms with Crippen LogP contribution in [0.15, 0.2) is 39.7 Å². The predicted octanol–water partition coefficient (Wildman–Crippen LogP) is 2.77. The summed E-state index contributed by atoms with van der Waals surface area (Å²) in [5, 5.41) is 8.36. The SMILES string of the molecule is CCCCN(CC)CCCNC(=O)Cn1ncc2c(=O)oc3ccccc3c21. The van der Waals surface area contributed by atoms with Gasteiger partial charge in [-0.15, -0.1) is 0 Å². The van der Waals surface area contributed by atoms with Crippen LogP contribution in [0.2, 0.25) is 0 Å². The molecule has 0 aliphatic rings. The van der Waals surface area contributed by atoms with E-state index < -0.39 is 5.63 Å². The lowest BCUT2D eigenvalue weighted by Gasteiger charge is -2.19. The van der Waals surface area contributed by atoms with Crippen molar-refractivity contribution < 1.29 is 9.21 Å². The molecule has 0 unspecified atom stereocenters. The quantitative estimate of drug-likeness (QED) is 0.429. The normalized spacial score (nSPS) is 11.5. The second kappa shape index (κ2) is 9.50. The lowest BCUT2D eigenvalue weighted by molar-refractivity contribution is -0.121. The minimum atomic E-state index is -0.438. The number of nitrogens with zero attached hydrogens (tertiary/aromatic N) is 3. The highest BCUT2D eigenvalue weighted by Gasteiger charge is 2.14. The summed E-state index contributed by atoms with van der Waals surface area (Å²) in [6, 6.07) is 7.29. The Morgan fingerprint density at radius 3 is 2.75 bits per heavy atom. The van der Waals surface area contributed by atoms with Crippen LogP contribution >= 0.6 is 0 Å². The molecule has 1 N–H and O–H groups in total. The van der Waals surface area contributed by atoms with Gasteiger partial charge in [-0.1, -0.05) is 32.4 Å². The van der Waals surface area contributed by atoms with Crippen LogP contribution in [0.25, 0.3) is 21.9 Å². The van der Waals surface area contributed by atoms with Crippen LogP contribution in [0.1, 0.15) is 33.1 Å². The van der Waals surface area contributed by atoms with E-state index >= 15 is 0 Å². The standard InChI is InChI=1S/C21H28N4O3/c1-3-5-12-24(4-2)13-8-11-22-19(26)15-25-20-16-9-6-7-10-18(16)28-21(27)17(20)14-23-25/h6-7,9-10,14H,3-5,8,11-13,15H2,1-2H3,(H,22,26). The topological polar surface area (TPSA) is 80.4 Å². The third-order valence-corrected chi connectivity index (χ3v) is 4.95. The van der Waals surface area contributed by atoms with E-state index in [4.69, 9.17) is 4.42 Å². The van der Waals surface area contributed by atoms with Gasteiger partial charge in [-0.2, -0.15) is 5.10 Å². The zero-order valence-electron chi connectivity index (χ0n) is 16.6. The molecule has 7 nitrogen and oxygen atoms in total. The Labute approximate surface area is 164 Å². The van der Waals surface area contributed by atoms with Crippen molar-refractivity contribution in [2.45, 2.75) is 39.7 Å². The summed E-state index contributed by atoms with van der Waals surface area (Å²) >= 11 is 0. The summed E-state index contributed by atoms with van der Waals surface area (Å²) in [5.41, 5.74) is 0.694. The molecule has 0 saturated heterocycles. The number of para-hydroxylation sites is 1. The molecule has 2 aromatic heterocycles. The molecule has 150 valence electrons. The number of aromatic nitrogens is 2. The molecular formula is C21H28N4O3. The Kier molecular flexibility index (Phi) is 6.81. The predicted molar refractivity (Wildman–Crippen MR) is 110 cm³/mol. The number of unbranched alkanes of at least 4 members (excludes halogenated alkanes) is 1. The molecule has 0 aliphatic carbocycles. The molecule has 28 heavy (non-hydrogen) atoms. The van der Waals surface area contributed by atoms with Gasteiger partial charge in [0.15, 0.2) is 0 Å². The minimum Gasteiger partial charge on any atom is -0.422 e. The first kappa shape index (κ1) is 20.1. The van der Waals surface area contributed by atoms with E-state index in [0.717, 1.165) is 31.4 Å². The first-order chi connectivity index (χ1) is 13.6. The molecule has 0 fully saturated rings. The molecule has 1 amide bonds. The number of fused-ring (bicyclic) bond motifs is 3. The van der Waals surface area contributed by atoms with E-state index in [-0.39, 0.29) is 12.5 Å². The van der Waals surface area contributed by atoms with Gasteiger partial charge in [-0.05, 0) is 44.6 Å². The van der Waals surface area contributed by atoms with Gasteiger partial charge in [-0.3, -0.25) is 9.48 Å². The fourth-order valence-electron chi connectivity index (χ4n) is 3.38. The highest BCUT2D eigenvalue weighted by Crippen LogP contribution is 2.22. The molecule has 0 radical (unpaired) electrons. The van der Waals surface area contributed by atoms with Crippen molar-refractivity contribution in [1.82, 2.24) is 20.0 Å². The molecule has 0 aliphatic heterocycles. The van der Waals surface area contributed by atoms with E-state index in [1.807, 2.05) is 18.2 Å². The average Bonchev–Trinajstić information content (AvgIpc) is 3.12. The molecule has 0 bridgehead atoms. The number of carbonyl (C=O) groups excluding carboxylic acids is 1. The third-order valence-electron chi connectivity index (χ3n) is 4.95. The molecule has 0 spiro atoms. The summed E-state index contributed by atoms with van der Waals surface area (Å²) in [6.45, 7) is 8.18. The maximum absolute atomic E-state index is 12.4. The van der Waals surface area contributed by atoms with Crippen molar-refractivity contribution in [1.29, 1.82) is 0 Å². The first-order valence-electron chi connectivity index (χ1n) is 10.0. The van der Waals surface area contributed by atoms with Crippen LogP contribution in [0, 0.1) is 0 Å². The van der Waals surface area contributed by atoms with E-state index in [0.29, 0.717) is 23.0 Å². The van der Waals surface area contributed by atoms with E-state index in [9.17, 15) is 9.59 Å². The fourth-order valence-corrected chi connectivity index (χ4v) is 3.38. The van der Waals surface area contributed by atoms with Gasteiger partial charge < -0.3 is 14.6 Å². The maximum Gasteiger partial charge on any atom is 0.347 e. The Balaban J connectivity index is 1.62. The van der Waals surface area contributed by atoms with E-state index in [1.54, 1.807) is 10.7 Å². The summed E-state index contributed by atoms with van der Waals surface area (Å²) < 4.78 is 6.89. The summed E-state index contributed by atoms with van der Waals surface area (Å²) in [6.07, 6.45) is 4.77. The highest BCUT2D eigenvalue weighted by atomic mass is 16.4. The summed E-state index contributed by atoms with van der Waals surface area (Å²) in [7, 11) is 0. The van der Waals surface area contributed by atoms with Crippen molar-refractivity contribution in [2.24, 2.45) is 0 Å². The number of nitrogens with one attached hydrogen (secondary N) is 1. The van der Waals surface area contributed by atoms with Crippen LogP contribution in [-0.4, -0.2) is 46.8 Å². The molecule has 3 aromatic rings. The fraction of sp³-hybridized carbons (Fsp3) is 0.476. The molecule has 2 heterocycles. The monoisotopic (exact) mass is 384 g/mol. The van der Waals surface area contributed by atoms with Crippen LogP contribution in [0.3, 0.4) is 0 Å². The molecule has 3 rings (SSSR count). The van der Waals surface area contributed by atoms with Crippen LogP contribution in [-0.2, 0) is 11.3 Å². The average molecular weight is 384 g/mol. The summed E-state index contributed by atoms with van der Waals surface area (Å²) in [4.78, 5) is 26.9. The molecule has 1 aromatic carbocycles. The van der Waals surface area contributed by atoms with Gasteiger partial charge in [0.05, 0.1) is 11.7 Å². The van der Waals surface area contributed by atoms with E-state index in [1.165, 1.54) is 19.0 Å². The van der Waals surface area contributed by atoms with Gasteiger partial charge in [0.2, 0.25) is 5.91 Å². The molecule has 0 saturated carbocycles. The van der Waals surface area contributed by atoms with Gasteiger partial charge >= 0.3 is 5.63 Å². The van der Waals surface area contributed by atoms with Crippen LogP contribution in [0.4, 0.5) is 0 Å². The van der Waals surface area contributed by atoms with Crippen LogP contribution in [0.5, 0.6) is 0 Å². The van der Waals surface area contributed by atoms with Crippen molar-refractivity contribution in [3.63, 3.8) is 0 Å². The zero-order chi connectivity index (χ0) is 19.9. The lowest BCUT2D eigenvalue weighted by atomic mass is 10.2. The van der Waals surface area contributed by atoms with E-state index in [2.05, 4.69) is 29.2 Å². The van der Waals surface area contributed by atoms with Gasteiger partial charge in [0.1, 0.15) is 17.5 Å². The molecule has 7 heteroatoms. The smallest absolute Gasteiger partial charge is 0.347 e. The maximum atomic E-state index is 12.4. The minimum absolute atomic E-state index is 0.0737. The second-order valence-corrected chi connectivity index (χ2v) is 6.94. The largest absolute Gasteiger partial charge is 0.422 e. The zero-order valence-corrected chi connectivity index (χ0v) is 16.6. The molecular weight excluding hydrogens is 356 g/mol. The Hall–Kier alpha value is -2.67. The Morgan fingerprint density at radius 2 is 1.96 bits per heavy atom. The second-order valence-electron chi connectivity index (χ2n) is 6.94. The summed E-state index contributed by atoms with van der Waals surface area (Å²) in [5.74, 6) is -0.112. The lowest BCUT2D eigenvalue weighted by Crippen LogP contribution is -2.32. The number of hydrogen-bond acceptors (Lipinski definition) is 5. The van der Waals surface area contributed by atoms with Gasteiger partial charge in [0, 0.05) is 11.9 Å². The molecule has 0 atom stereocenters. The number of hydrogen-bond donors (Lipinski definition) is 1. The number of rotatable bonds is 10. The van der Waals surface area contributed by atoms with Crippen molar-refractivity contribution in [2.75, 3.05) is 26.2 Å².